The van der Waals surface area contributed by atoms with Crippen LogP contribution in [-0.2, 0) is 30.4 Å². The van der Waals surface area contributed by atoms with Crippen LogP contribution in [0.2, 0.25) is 0 Å². The van der Waals surface area contributed by atoms with E-state index in [0.29, 0.717) is 18.9 Å². The Kier molecular flexibility index (Phi) is 12.0. The Morgan fingerprint density at radius 3 is 0.964 bits per heavy atom. The van der Waals surface area contributed by atoms with E-state index in [9.17, 15) is 25.3 Å². The molecule has 0 radical (unpaired) electrons. The SMILES string of the molecule is CN(CCS(=O)(=O)O)CP(CN(C)CCS(=O)(=O)O)CN(C)CCS(=O)(=O)O. The van der Waals surface area contributed by atoms with Crippen molar-refractivity contribution in [3.8, 4) is 0 Å². The van der Waals surface area contributed by atoms with Gasteiger partial charge in [-0.25, -0.2) is 0 Å². The average Bonchev–Trinajstić information content (AvgIpc) is 2.47. The maximum atomic E-state index is 10.9. The highest BCUT2D eigenvalue weighted by molar-refractivity contribution is 7.86. The third-order valence-corrected chi connectivity index (χ3v) is 8.26. The lowest BCUT2D eigenvalue weighted by Crippen LogP contribution is -2.33. The predicted octanol–water partition coefficient (Wildman–Crippen LogP) is -1.20. The second-order valence-electron chi connectivity index (χ2n) is 6.69. The average molecular weight is 488 g/mol. The van der Waals surface area contributed by atoms with Gasteiger partial charge in [0.15, 0.2) is 0 Å². The smallest absolute Gasteiger partial charge is 0.266 e. The van der Waals surface area contributed by atoms with Crippen LogP contribution in [0.3, 0.4) is 0 Å². The second kappa shape index (κ2) is 12.0. The molecule has 0 unspecified atom stereocenters. The molecule has 12 nitrogen and oxygen atoms in total. The van der Waals surface area contributed by atoms with Crippen molar-refractivity contribution in [2.75, 3.05) is 76.9 Å². The van der Waals surface area contributed by atoms with Gasteiger partial charge in [0.2, 0.25) is 0 Å². The highest BCUT2D eigenvalue weighted by Gasteiger charge is 2.19. The lowest BCUT2D eigenvalue weighted by atomic mass is 10.7. The van der Waals surface area contributed by atoms with E-state index in [-0.39, 0.29) is 19.6 Å². The minimum atomic E-state index is -4.10. The van der Waals surface area contributed by atoms with Gasteiger partial charge in [-0.05, 0) is 21.1 Å². The molecule has 0 aliphatic carbocycles. The van der Waals surface area contributed by atoms with Gasteiger partial charge in [-0.3, -0.25) is 13.7 Å². The maximum absolute atomic E-state index is 10.9. The van der Waals surface area contributed by atoms with E-state index in [1.165, 1.54) is 0 Å². The van der Waals surface area contributed by atoms with Crippen molar-refractivity contribution < 1.29 is 38.9 Å². The van der Waals surface area contributed by atoms with Gasteiger partial charge in [0.25, 0.3) is 30.4 Å². The van der Waals surface area contributed by atoms with E-state index in [1.807, 2.05) is 0 Å². The molecule has 28 heavy (non-hydrogen) atoms. The Morgan fingerprint density at radius 1 is 0.571 bits per heavy atom. The third-order valence-electron chi connectivity index (χ3n) is 3.52. The summed E-state index contributed by atoms with van der Waals surface area (Å²) in [6.45, 7) is 0.295. The summed E-state index contributed by atoms with van der Waals surface area (Å²) in [4.78, 5) is 5.15. The zero-order valence-corrected chi connectivity index (χ0v) is 19.5. The van der Waals surface area contributed by atoms with Crippen LogP contribution < -0.4 is 0 Å². The van der Waals surface area contributed by atoms with Crippen LogP contribution in [0.4, 0.5) is 0 Å². The fourth-order valence-electron chi connectivity index (χ4n) is 2.18. The normalized spacial score (nSPS) is 13.9. The van der Waals surface area contributed by atoms with E-state index < -0.39 is 55.5 Å². The first-order valence-corrected chi connectivity index (χ1v) is 14.8. The minimum absolute atomic E-state index is 0.0983. The monoisotopic (exact) mass is 487 g/mol. The van der Waals surface area contributed by atoms with Crippen molar-refractivity contribution >= 4 is 38.3 Å². The first kappa shape index (κ1) is 28.0. The first-order valence-electron chi connectivity index (χ1n) is 8.10. The van der Waals surface area contributed by atoms with Crippen molar-refractivity contribution in [1.82, 2.24) is 14.7 Å². The predicted molar refractivity (Wildman–Crippen MR) is 109 cm³/mol. The third kappa shape index (κ3) is 18.1. The molecule has 0 aliphatic heterocycles. The summed E-state index contributed by atoms with van der Waals surface area (Å²) in [5.41, 5.74) is 0. The molecule has 0 fully saturated rings. The van der Waals surface area contributed by atoms with Crippen LogP contribution >= 0.6 is 7.92 Å². The van der Waals surface area contributed by atoms with E-state index >= 15 is 0 Å². The van der Waals surface area contributed by atoms with Crippen LogP contribution in [0.15, 0.2) is 0 Å². The second-order valence-corrected chi connectivity index (χ2v) is 13.6. The van der Waals surface area contributed by atoms with Gasteiger partial charge in [-0.1, -0.05) is 7.92 Å². The highest BCUT2D eigenvalue weighted by Crippen LogP contribution is 2.36. The molecule has 16 heteroatoms. The Morgan fingerprint density at radius 2 is 0.786 bits per heavy atom. The largest absolute Gasteiger partial charge is 0.301 e. The summed E-state index contributed by atoms with van der Waals surface area (Å²) in [5.74, 6) is -1.28. The molecule has 0 aromatic carbocycles. The minimum Gasteiger partial charge on any atom is -0.301 e. The molecule has 0 aromatic heterocycles. The molecule has 0 saturated carbocycles. The zero-order valence-electron chi connectivity index (χ0n) is 16.2. The maximum Gasteiger partial charge on any atom is 0.266 e. The molecule has 0 saturated heterocycles. The Labute approximate surface area is 168 Å². The fourth-order valence-corrected chi connectivity index (χ4v) is 6.55. The molecule has 0 spiro atoms. The van der Waals surface area contributed by atoms with Crippen molar-refractivity contribution in [2.45, 2.75) is 0 Å². The highest BCUT2D eigenvalue weighted by atomic mass is 32.2. The first-order chi connectivity index (χ1) is 12.5. The molecule has 0 aromatic rings. The molecule has 0 atom stereocenters. The zero-order chi connectivity index (χ0) is 22.2. The van der Waals surface area contributed by atoms with E-state index in [4.69, 9.17) is 13.7 Å². The van der Waals surface area contributed by atoms with Crippen molar-refractivity contribution in [1.29, 1.82) is 0 Å². The van der Waals surface area contributed by atoms with Gasteiger partial charge in [0, 0.05) is 38.5 Å². The molecule has 0 bridgehead atoms. The molecule has 3 N–H and O–H groups in total. The summed E-state index contributed by atoms with van der Waals surface area (Å²) in [6.07, 6.45) is 1.37. The summed E-state index contributed by atoms with van der Waals surface area (Å²) in [7, 11) is -8.13. The lowest BCUT2D eigenvalue weighted by molar-refractivity contribution is 0.369. The van der Waals surface area contributed by atoms with Gasteiger partial charge < -0.3 is 14.7 Å². The van der Waals surface area contributed by atoms with Gasteiger partial charge in [0.1, 0.15) is 0 Å². The topological polar surface area (TPSA) is 173 Å². The van der Waals surface area contributed by atoms with E-state index in [0.717, 1.165) is 0 Å². The Bertz CT molecular complexity index is 669. The fraction of sp³-hybridized carbons (Fsp3) is 1.00. The summed E-state index contributed by atoms with van der Waals surface area (Å²) < 4.78 is 91.9. The van der Waals surface area contributed by atoms with Gasteiger partial charge in [-0.15, -0.1) is 0 Å². The molecule has 170 valence electrons. The van der Waals surface area contributed by atoms with Crippen LogP contribution in [0.1, 0.15) is 0 Å². The van der Waals surface area contributed by atoms with Crippen LogP contribution in [0, 0.1) is 0 Å². The molecule has 0 amide bonds. The quantitative estimate of drug-likeness (QED) is 0.186. The van der Waals surface area contributed by atoms with Gasteiger partial charge in [-0.2, -0.15) is 25.3 Å². The number of hydrogen-bond acceptors (Lipinski definition) is 9. The van der Waals surface area contributed by atoms with Crippen LogP contribution in [0.5, 0.6) is 0 Å². The van der Waals surface area contributed by atoms with E-state index in [1.54, 1.807) is 35.8 Å². The standard InChI is InChI=1S/C12H30N3O9PS3/c1-13(4-7-26(16,17)18)10-25(11-14(2)5-8-27(19,20)21)12-15(3)6-9-28(22,23)24/h4-12H2,1-3H3,(H,16,17,18)(H,19,20,21)(H,22,23,24). The number of hydrogen-bond donors (Lipinski definition) is 3. The summed E-state index contributed by atoms with van der Waals surface area (Å²) in [5, 5.41) is 0. The molecular formula is C12H30N3O9PS3. The lowest BCUT2D eigenvalue weighted by Gasteiger charge is -2.31. The van der Waals surface area contributed by atoms with Gasteiger partial charge >= 0.3 is 0 Å². The van der Waals surface area contributed by atoms with Crippen molar-refractivity contribution in [2.24, 2.45) is 0 Å². The molecule has 0 rings (SSSR count). The molecule has 0 heterocycles. The van der Waals surface area contributed by atoms with Crippen LogP contribution in [0.25, 0.3) is 0 Å². The Balaban J connectivity index is 4.88. The van der Waals surface area contributed by atoms with Crippen molar-refractivity contribution in [3.05, 3.63) is 0 Å². The van der Waals surface area contributed by atoms with E-state index in [2.05, 4.69) is 0 Å². The number of rotatable bonds is 15. The van der Waals surface area contributed by atoms with Crippen LogP contribution in [-0.4, -0.2) is 131 Å². The Hall–Kier alpha value is 0.0400. The summed E-state index contributed by atoms with van der Waals surface area (Å²) in [6, 6.07) is 0. The van der Waals surface area contributed by atoms with Gasteiger partial charge in [0.05, 0.1) is 17.3 Å². The summed E-state index contributed by atoms with van der Waals surface area (Å²) >= 11 is 0. The molecule has 0 aliphatic rings. The van der Waals surface area contributed by atoms with Crippen molar-refractivity contribution in [3.63, 3.8) is 0 Å². The number of nitrogens with zero attached hydrogens (tertiary/aromatic N) is 3. The molecular weight excluding hydrogens is 457 g/mol.